The summed E-state index contributed by atoms with van der Waals surface area (Å²) >= 11 is 0. The second kappa shape index (κ2) is 9.26. The van der Waals surface area contributed by atoms with Gasteiger partial charge in [-0.25, -0.2) is 4.98 Å². The Morgan fingerprint density at radius 3 is 2.41 bits per heavy atom. The molecule has 0 aliphatic rings. The molecule has 0 unspecified atom stereocenters. The number of ether oxygens (including phenoxy) is 3. The molecule has 1 aromatic heterocycles. The van der Waals surface area contributed by atoms with E-state index < -0.39 is 0 Å². The molecule has 0 fully saturated rings. The number of nitrogens with one attached hydrogen (secondary N) is 1. The van der Waals surface area contributed by atoms with Crippen LogP contribution in [0.3, 0.4) is 0 Å². The first kappa shape index (κ1) is 21.0. The molecular weight excluding hydrogens is 408 g/mol. The average molecular weight is 430 g/mol. The Labute approximate surface area is 185 Å². The number of methoxy groups -OCH3 is 3. The highest BCUT2D eigenvalue weighted by atomic mass is 16.5. The van der Waals surface area contributed by atoms with Gasteiger partial charge >= 0.3 is 0 Å². The lowest BCUT2D eigenvalue weighted by Crippen LogP contribution is -2.07. The third-order valence-corrected chi connectivity index (χ3v) is 4.83. The number of carbonyl (C=O) groups excluding carboxylic acids is 1. The molecule has 0 aliphatic heterocycles. The van der Waals surface area contributed by atoms with Crippen LogP contribution in [0.2, 0.25) is 0 Å². The van der Waals surface area contributed by atoms with Gasteiger partial charge in [0.25, 0.3) is 0 Å². The fourth-order valence-corrected chi connectivity index (χ4v) is 3.17. The number of amides is 1. The van der Waals surface area contributed by atoms with Crippen LogP contribution in [0, 0.1) is 0 Å². The van der Waals surface area contributed by atoms with E-state index in [9.17, 15) is 4.79 Å². The van der Waals surface area contributed by atoms with Gasteiger partial charge in [0.1, 0.15) is 11.3 Å². The second-order valence-corrected chi connectivity index (χ2v) is 6.87. The van der Waals surface area contributed by atoms with Crippen molar-refractivity contribution in [2.75, 3.05) is 26.6 Å². The zero-order chi connectivity index (χ0) is 22.5. The first-order chi connectivity index (χ1) is 15.6. The van der Waals surface area contributed by atoms with Gasteiger partial charge in [-0.3, -0.25) is 4.79 Å². The van der Waals surface area contributed by atoms with Crippen LogP contribution in [0.5, 0.6) is 17.2 Å². The van der Waals surface area contributed by atoms with Crippen molar-refractivity contribution < 1.29 is 23.4 Å². The third kappa shape index (κ3) is 4.57. The molecule has 3 aromatic carbocycles. The van der Waals surface area contributed by atoms with Gasteiger partial charge in [-0.2, -0.15) is 0 Å². The molecule has 4 rings (SSSR count). The van der Waals surface area contributed by atoms with Crippen molar-refractivity contribution in [1.82, 2.24) is 4.98 Å². The monoisotopic (exact) mass is 430 g/mol. The molecule has 32 heavy (non-hydrogen) atoms. The Morgan fingerprint density at radius 2 is 1.69 bits per heavy atom. The predicted octanol–water partition coefficient (Wildman–Crippen LogP) is 5.17. The van der Waals surface area contributed by atoms with Crippen LogP contribution >= 0.6 is 0 Å². The molecule has 0 aliphatic carbocycles. The molecule has 1 N–H and O–H groups in total. The smallest absolute Gasteiger partial charge is 0.248 e. The summed E-state index contributed by atoms with van der Waals surface area (Å²) in [4.78, 5) is 16.9. The summed E-state index contributed by atoms with van der Waals surface area (Å²) in [6.07, 6.45) is 3.21. The van der Waals surface area contributed by atoms with E-state index in [0.29, 0.717) is 34.2 Å². The molecule has 7 nitrogen and oxygen atoms in total. The standard InChI is InChI=1S/C25H22N2O5/c1-29-19-9-4-16(5-10-19)6-13-24(28)26-18-8-12-21-20(15-18)27-25(32-21)17-7-11-22(30-2)23(14-17)31-3/h4-15H,1-3H3,(H,26,28)/b13-6+. The molecule has 162 valence electrons. The van der Waals surface area contributed by atoms with Crippen LogP contribution in [0.25, 0.3) is 28.6 Å². The highest BCUT2D eigenvalue weighted by Gasteiger charge is 2.12. The van der Waals surface area contributed by atoms with E-state index in [1.54, 1.807) is 57.7 Å². The number of carbonyl (C=O) groups is 1. The fraction of sp³-hybridized carbons (Fsp3) is 0.120. The lowest BCUT2D eigenvalue weighted by molar-refractivity contribution is -0.111. The minimum Gasteiger partial charge on any atom is -0.497 e. The topological polar surface area (TPSA) is 82.8 Å². The van der Waals surface area contributed by atoms with Crippen molar-refractivity contribution in [3.8, 4) is 28.7 Å². The van der Waals surface area contributed by atoms with Gasteiger partial charge in [-0.15, -0.1) is 0 Å². The molecule has 0 bridgehead atoms. The van der Waals surface area contributed by atoms with E-state index in [4.69, 9.17) is 18.6 Å². The Balaban J connectivity index is 1.50. The van der Waals surface area contributed by atoms with Crippen molar-refractivity contribution in [2.45, 2.75) is 0 Å². The normalized spacial score (nSPS) is 11.0. The largest absolute Gasteiger partial charge is 0.497 e. The highest BCUT2D eigenvalue weighted by molar-refractivity contribution is 6.02. The SMILES string of the molecule is COc1ccc(/C=C/C(=O)Nc2ccc3oc(-c4ccc(OC)c(OC)c4)nc3c2)cc1. The van der Waals surface area contributed by atoms with Crippen LogP contribution in [0.15, 0.2) is 71.2 Å². The zero-order valence-corrected chi connectivity index (χ0v) is 17.9. The number of hydrogen-bond acceptors (Lipinski definition) is 6. The second-order valence-electron chi connectivity index (χ2n) is 6.87. The predicted molar refractivity (Wildman–Crippen MR) is 123 cm³/mol. The van der Waals surface area contributed by atoms with Crippen LogP contribution in [-0.4, -0.2) is 32.2 Å². The van der Waals surface area contributed by atoms with Crippen molar-refractivity contribution in [2.24, 2.45) is 0 Å². The summed E-state index contributed by atoms with van der Waals surface area (Å²) in [6.45, 7) is 0. The number of hydrogen-bond donors (Lipinski definition) is 1. The zero-order valence-electron chi connectivity index (χ0n) is 17.9. The number of fused-ring (bicyclic) bond motifs is 1. The van der Waals surface area contributed by atoms with Gasteiger partial charge in [0.15, 0.2) is 17.1 Å². The third-order valence-electron chi connectivity index (χ3n) is 4.83. The maximum atomic E-state index is 12.3. The lowest BCUT2D eigenvalue weighted by atomic mass is 10.2. The molecule has 0 saturated carbocycles. The van der Waals surface area contributed by atoms with Crippen molar-refractivity contribution in [1.29, 1.82) is 0 Å². The van der Waals surface area contributed by atoms with E-state index in [2.05, 4.69) is 10.3 Å². The summed E-state index contributed by atoms with van der Waals surface area (Å²) in [6, 6.07) is 18.2. The first-order valence-corrected chi connectivity index (χ1v) is 9.85. The maximum Gasteiger partial charge on any atom is 0.248 e. The number of anilines is 1. The first-order valence-electron chi connectivity index (χ1n) is 9.85. The van der Waals surface area contributed by atoms with Crippen molar-refractivity contribution in [3.05, 3.63) is 72.3 Å². The van der Waals surface area contributed by atoms with Crippen LogP contribution in [0.1, 0.15) is 5.56 Å². The molecule has 1 heterocycles. The number of nitrogens with zero attached hydrogens (tertiary/aromatic N) is 1. The van der Waals surface area contributed by atoms with Gasteiger partial charge in [0, 0.05) is 17.3 Å². The number of rotatable bonds is 7. The van der Waals surface area contributed by atoms with Crippen molar-refractivity contribution >= 4 is 28.8 Å². The van der Waals surface area contributed by atoms with E-state index >= 15 is 0 Å². The van der Waals surface area contributed by atoms with Crippen molar-refractivity contribution in [3.63, 3.8) is 0 Å². The van der Waals surface area contributed by atoms with Gasteiger partial charge < -0.3 is 23.9 Å². The molecule has 0 saturated heterocycles. The summed E-state index contributed by atoms with van der Waals surface area (Å²) in [7, 11) is 4.77. The number of benzene rings is 3. The summed E-state index contributed by atoms with van der Waals surface area (Å²) in [5.74, 6) is 2.18. The molecular formula is C25H22N2O5. The minimum absolute atomic E-state index is 0.247. The van der Waals surface area contributed by atoms with Crippen LogP contribution in [-0.2, 0) is 4.79 Å². The molecule has 1 amide bonds. The summed E-state index contributed by atoms with van der Waals surface area (Å²) < 4.78 is 21.6. The Hall–Kier alpha value is -4.26. The fourth-order valence-electron chi connectivity index (χ4n) is 3.17. The molecule has 4 aromatic rings. The average Bonchev–Trinajstić information content (AvgIpc) is 3.26. The molecule has 0 atom stereocenters. The van der Waals surface area contributed by atoms with Gasteiger partial charge in [0.05, 0.1) is 21.3 Å². The quantitative estimate of drug-likeness (QED) is 0.407. The Bertz CT molecular complexity index is 1280. The van der Waals surface area contributed by atoms with E-state index in [1.165, 1.54) is 6.08 Å². The maximum absolute atomic E-state index is 12.3. The van der Waals surface area contributed by atoms with Gasteiger partial charge in [0.2, 0.25) is 11.8 Å². The van der Waals surface area contributed by atoms with Crippen LogP contribution in [0.4, 0.5) is 5.69 Å². The van der Waals surface area contributed by atoms with E-state index in [1.807, 2.05) is 30.3 Å². The summed E-state index contributed by atoms with van der Waals surface area (Å²) in [5, 5.41) is 2.84. The summed E-state index contributed by atoms with van der Waals surface area (Å²) in [5.41, 5.74) is 3.52. The number of oxazole rings is 1. The van der Waals surface area contributed by atoms with Gasteiger partial charge in [-0.1, -0.05) is 12.1 Å². The molecule has 7 heteroatoms. The molecule has 0 radical (unpaired) electrons. The minimum atomic E-state index is -0.247. The van der Waals surface area contributed by atoms with Crippen LogP contribution < -0.4 is 19.5 Å². The van der Waals surface area contributed by atoms with E-state index in [-0.39, 0.29) is 5.91 Å². The van der Waals surface area contributed by atoms with E-state index in [0.717, 1.165) is 16.9 Å². The van der Waals surface area contributed by atoms with Gasteiger partial charge in [-0.05, 0) is 60.2 Å². The number of aromatic nitrogens is 1. The Kier molecular flexibility index (Phi) is 6.07. The molecule has 0 spiro atoms. The lowest BCUT2D eigenvalue weighted by Gasteiger charge is -2.07. The Morgan fingerprint density at radius 1 is 0.906 bits per heavy atom. The highest BCUT2D eigenvalue weighted by Crippen LogP contribution is 2.33.